The summed E-state index contributed by atoms with van der Waals surface area (Å²) in [6.07, 6.45) is 4.25. The van der Waals surface area contributed by atoms with E-state index in [1.807, 2.05) is 0 Å². The topological polar surface area (TPSA) is 72.5 Å². The molecule has 5 nitrogen and oxygen atoms in total. The van der Waals surface area contributed by atoms with Crippen molar-refractivity contribution < 1.29 is 19.1 Å². The van der Waals surface area contributed by atoms with Crippen LogP contribution in [0.3, 0.4) is 0 Å². The summed E-state index contributed by atoms with van der Waals surface area (Å²) in [7, 11) is 0. The molecule has 1 N–H and O–H groups in total. The van der Waals surface area contributed by atoms with Crippen LogP contribution in [-0.2, 0) is 19.1 Å². The molecule has 0 aliphatic heterocycles. The van der Waals surface area contributed by atoms with Crippen molar-refractivity contribution in [3.05, 3.63) is 0 Å². The molecule has 0 radical (unpaired) electrons. The fourth-order valence-electron chi connectivity index (χ4n) is 2.18. The Morgan fingerprint density at radius 2 is 1.83 bits per heavy atom. The van der Waals surface area contributed by atoms with Gasteiger partial charge in [0.25, 0.3) is 5.78 Å². The van der Waals surface area contributed by atoms with Gasteiger partial charge in [-0.3, -0.25) is 9.59 Å². The van der Waals surface area contributed by atoms with E-state index in [-0.39, 0.29) is 18.4 Å². The highest BCUT2D eigenvalue weighted by Crippen LogP contribution is 2.24. The summed E-state index contributed by atoms with van der Waals surface area (Å²) >= 11 is 0. The molecule has 0 bridgehead atoms. The molecular formula is C13H21NO4. The van der Waals surface area contributed by atoms with Crippen molar-refractivity contribution in [2.75, 3.05) is 6.61 Å². The van der Waals surface area contributed by atoms with Crippen molar-refractivity contribution in [3.8, 4) is 0 Å². The Morgan fingerprint density at radius 1 is 1.22 bits per heavy atom. The average molecular weight is 255 g/mol. The van der Waals surface area contributed by atoms with Crippen LogP contribution in [0.4, 0.5) is 0 Å². The van der Waals surface area contributed by atoms with Crippen LogP contribution in [0.5, 0.6) is 0 Å². The van der Waals surface area contributed by atoms with Gasteiger partial charge in [0.2, 0.25) is 5.91 Å². The molecule has 0 saturated heterocycles. The third-order valence-electron chi connectivity index (χ3n) is 3.24. The van der Waals surface area contributed by atoms with Crippen molar-refractivity contribution >= 4 is 17.7 Å². The molecule has 1 saturated carbocycles. The highest BCUT2D eigenvalue weighted by molar-refractivity contribution is 6.36. The molecule has 0 aromatic carbocycles. The number of esters is 1. The Balaban J connectivity index is 2.52. The highest BCUT2D eigenvalue weighted by Gasteiger charge is 2.30. The van der Waals surface area contributed by atoms with Gasteiger partial charge in [-0.2, -0.15) is 0 Å². The molecule has 0 aromatic heterocycles. The van der Waals surface area contributed by atoms with E-state index >= 15 is 0 Å². The first-order chi connectivity index (χ1) is 8.60. The zero-order chi connectivity index (χ0) is 13.5. The van der Waals surface area contributed by atoms with E-state index in [0.717, 1.165) is 25.7 Å². The Morgan fingerprint density at radius 3 is 2.33 bits per heavy atom. The minimum Gasteiger partial charge on any atom is -0.460 e. The van der Waals surface area contributed by atoms with Gasteiger partial charge < -0.3 is 10.1 Å². The van der Waals surface area contributed by atoms with E-state index in [1.165, 1.54) is 0 Å². The Bertz CT molecular complexity index is 321. The molecule has 1 unspecified atom stereocenters. The van der Waals surface area contributed by atoms with Gasteiger partial charge in [0.15, 0.2) is 0 Å². The maximum atomic E-state index is 11.9. The standard InChI is InChI=1S/C13H21NO4/c1-3-10(11(15)13(17)18-4-2)14-12(16)9-7-5-6-8-9/h9-10H,3-8H2,1-2H3,(H,14,16). The monoisotopic (exact) mass is 255 g/mol. The van der Waals surface area contributed by atoms with E-state index in [9.17, 15) is 14.4 Å². The van der Waals surface area contributed by atoms with Crippen LogP contribution in [-0.4, -0.2) is 30.3 Å². The largest absolute Gasteiger partial charge is 0.460 e. The zero-order valence-electron chi connectivity index (χ0n) is 11.0. The number of carbonyl (C=O) groups excluding carboxylic acids is 3. The van der Waals surface area contributed by atoms with E-state index in [4.69, 9.17) is 0 Å². The quantitative estimate of drug-likeness (QED) is 0.572. The van der Waals surface area contributed by atoms with Gasteiger partial charge in [0, 0.05) is 5.92 Å². The van der Waals surface area contributed by atoms with Crippen LogP contribution in [0.2, 0.25) is 0 Å². The molecule has 102 valence electrons. The van der Waals surface area contributed by atoms with E-state index < -0.39 is 17.8 Å². The Labute approximate surface area is 107 Å². The van der Waals surface area contributed by atoms with Gasteiger partial charge in [0.05, 0.1) is 12.6 Å². The van der Waals surface area contributed by atoms with Gasteiger partial charge in [-0.15, -0.1) is 0 Å². The van der Waals surface area contributed by atoms with Crippen LogP contribution >= 0.6 is 0 Å². The number of nitrogens with one attached hydrogen (secondary N) is 1. The predicted molar refractivity (Wildman–Crippen MR) is 65.8 cm³/mol. The fourth-order valence-corrected chi connectivity index (χ4v) is 2.18. The van der Waals surface area contributed by atoms with Crippen molar-refractivity contribution in [1.29, 1.82) is 0 Å². The first-order valence-electron chi connectivity index (χ1n) is 6.61. The lowest BCUT2D eigenvalue weighted by Gasteiger charge is -2.17. The van der Waals surface area contributed by atoms with Crippen molar-refractivity contribution in [2.24, 2.45) is 5.92 Å². The van der Waals surface area contributed by atoms with E-state index in [1.54, 1.807) is 13.8 Å². The molecule has 1 rings (SSSR count). The van der Waals surface area contributed by atoms with Crippen molar-refractivity contribution in [3.63, 3.8) is 0 Å². The molecule has 0 heterocycles. The number of hydrogen-bond acceptors (Lipinski definition) is 4. The summed E-state index contributed by atoms with van der Waals surface area (Å²) in [6.45, 7) is 3.57. The number of rotatable bonds is 6. The molecule has 1 atom stereocenters. The lowest BCUT2D eigenvalue weighted by atomic mass is 10.0. The van der Waals surface area contributed by atoms with Gasteiger partial charge in [0.1, 0.15) is 0 Å². The normalized spacial score (nSPS) is 17.2. The minimum atomic E-state index is -0.865. The SMILES string of the molecule is CCOC(=O)C(=O)C(CC)NC(=O)C1CCCC1. The van der Waals surface area contributed by atoms with Crippen LogP contribution < -0.4 is 5.32 Å². The second kappa shape index (κ2) is 7.13. The van der Waals surface area contributed by atoms with Gasteiger partial charge in [-0.1, -0.05) is 19.8 Å². The maximum absolute atomic E-state index is 11.9. The second-order valence-electron chi connectivity index (χ2n) is 4.54. The number of amides is 1. The van der Waals surface area contributed by atoms with Gasteiger partial charge in [-0.05, 0) is 26.2 Å². The van der Waals surface area contributed by atoms with Gasteiger partial charge in [-0.25, -0.2) is 4.79 Å². The van der Waals surface area contributed by atoms with Crippen LogP contribution in [0.25, 0.3) is 0 Å². The molecule has 1 aliphatic rings. The summed E-state index contributed by atoms with van der Waals surface area (Å²) in [4.78, 5) is 34.9. The predicted octanol–water partition coefficient (Wildman–Crippen LogP) is 1.20. The maximum Gasteiger partial charge on any atom is 0.376 e. The average Bonchev–Trinajstić information content (AvgIpc) is 2.89. The lowest BCUT2D eigenvalue weighted by molar-refractivity contribution is -0.154. The molecular weight excluding hydrogens is 234 g/mol. The van der Waals surface area contributed by atoms with Crippen LogP contribution in [0.1, 0.15) is 46.0 Å². The third-order valence-corrected chi connectivity index (χ3v) is 3.24. The molecule has 18 heavy (non-hydrogen) atoms. The minimum absolute atomic E-state index is 0.00551. The summed E-state index contributed by atoms with van der Waals surface area (Å²) in [5, 5.41) is 2.66. The highest BCUT2D eigenvalue weighted by atomic mass is 16.5. The van der Waals surface area contributed by atoms with E-state index in [0.29, 0.717) is 6.42 Å². The summed E-state index contributed by atoms with van der Waals surface area (Å²) in [5.74, 6) is -1.65. The number of ketones is 1. The number of hydrogen-bond donors (Lipinski definition) is 1. The van der Waals surface area contributed by atoms with Crippen molar-refractivity contribution in [2.45, 2.75) is 52.0 Å². The van der Waals surface area contributed by atoms with E-state index in [2.05, 4.69) is 10.1 Å². The summed E-state index contributed by atoms with van der Waals surface area (Å²) in [5.41, 5.74) is 0. The smallest absolute Gasteiger partial charge is 0.376 e. The Hall–Kier alpha value is -1.39. The van der Waals surface area contributed by atoms with Crippen LogP contribution in [0, 0.1) is 5.92 Å². The number of Topliss-reactive ketones (excluding diaryl/α,β-unsaturated/α-hetero) is 1. The first kappa shape index (κ1) is 14.7. The number of ether oxygens (including phenoxy) is 1. The molecule has 5 heteroatoms. The molecule has 1 aliphatic carbocycles. The lowest BCUT2D eigenvalue weighted by Crippen LogP contribution is -2.45. The summed E-state index contributed by atoms with van der Waals surface area (Å²) in [6, 6.07) is -0.753. The summed E-state index contributed by atoms with van der Waals surface area (Å²) < 4.78 is 4.65. The van der Waals surface area contributed by atoms with Crippen molar-refractivity contribution in [1.82, 2.24) is 5.32 Å². The molecule has 1 amide bonds. The molecule has 1 fully saturated rings. The number of carbonyl (C=O) groups is 3. The van der Waals surface area contributed by atoms with Gasteiger partial charge >= 0.3 is 5.97 Å². The second-order valence-corrected chi connectivity index (χ2v) is 4.54. The van der Waals surface area contributed by atoms with Crippen LogP contribution in [0.15, 0.2) is 0 Å². The fraction of sp³-hybridized carbons (Fsp3) is 0.769. The molecule has 0 aromatic rings. The molecule has 0 spiro atoms. The third kappa shape index (κ3) is 3.82. The zero-order valence-corrected chi connectivity index (χ0v) is 11.0. The first-order valence-corrected chi connectivity index (χ1v) is 6.61. The Kier molecular flexibility index (Phi) is 5.82.